The number of alkyl halides is 3. The summed E-state index contributed by atoms with van der Waals surface area (Å²) >= 11 is 0. The van der Waals surface area contributed by atoms with E-state index in [4.69, 9.17) is 4.42 Å². The molecule has 1 N–H and O–H groups in total. The second-order valence-corrected chi connectivity index (χ2v) is 6.61. The van der Waals surface area contributed by atoms with Gasteiger partial charge in [0, 0.05) is 5.56 Å². The Bertz CT molecular complexity index is 946. The number of anilines is 1. The van der Waals surface area contributed by atoms with E-state index >= 15 is 0 Å². The van der Waals surface area contributed by atoms with Crippen LogP contribution in [0.4, 0.5) is 19.2 Å². The molecule has 2 aromatic carbocycles. The molecule has 0 saturated carbocycles. The van der Waals surface area contributed by atoms with Crippen LogP contribution in [0.25, 0.3) is 11.5 Å². The van der Waals surface area contributed by atoms with Gasteiger partial charge in [-0.05, 0) is 41.3 Å². The van der Waals surface area contributed by atoms with Crippen LogP contribution in [0.2, 0.25) is 0 Å². The highest BCUT2D eigenvalue weighted by Gasteiger charge is 2.30. The van der Waals surface area contributed by atoms with Crippen LogP contribution < -0.4 is 5.32 Å². The number of nitrogens with one attached hydrogen (secondary N) is 1. The van der Waals surface area contributed by atoms with Crippen molar-refractivity contribution in [3.63, 3.8) is 0 Å². The molecule has 0 bridgehead atoms. The number of carbonyl (C=O) groups is 1. The van der Waals surface area contributed by atoms with Crippen molar-refractivity contribution in [3.8, 4) is 11.5 Å². The van der Waals surface area contributed by atoms with Gasteiger partial charge < -0.3 is 4.42 Å². The molecular formula is C20H18F3N3O2. The van der Waals surface area contributed by atoms with E-state index in [1.54, 1.807) is 0 Å². The molecule has 0 unspecified atom stereocenters. The summed E-state index contributed by atoms with van der Waals surface area (Å²) in [4.78, 5) is 12.1. The first-order valence-corrected chi connectivity index (χ1v) is 8.62. The molecule has 3 rings (SSSR count). The van der Waals surface area contributed by atoms with Crippen LogP contribution in [-0.4, -0.2) is 16.1 Å². The lowest BCUT2D eigenvalue weighted by Crippen LogP contribution is -2.14. The number of hydrogen-bond donors (Lipinski definition) is 1. The van der Waals surface area contributed by atoms with Crippen LogP contribution in [0.5, 0.6) is 0 Å². The molecule has 0 fully saturated rings. The fourth-order valence-electron chi connectivity index (χ4n) is 2.56. The van der Waals surface area contributed by atoms with E-state index in [9.17, 15) is 18.0 Å². The van der Waals surface area contributed by atoms with E-state index in [1.807, 2.05) is 24.3 Å². The van der Waals surface area contributed by atoms with Gasteiger partial charge in [-0.1, -0.05) is 43.2 Å². The van der Waals surface area contributed by atoms with Crippen molar-refractivity contribution in [2.45, 2.75) is 32.4 Å². The zero-order valence-corrected chi connectivity index (χ0v) is 15.2. The Morgan fingerprint density at radius 3 is 2.25 bits per heavy atom. The first-order chi connectivity index (χ1) is 13.2. The van der Waals surface area contributed by atoms with Gasteiger partial charge in [0.2, 0.25) is 11.8 Å². The molecule has 0 saturated heterocycles. The Morgan fingerprint density at radius 1 is 1.04 bits per heavy atom. The quantitative estimate of drug-likeness (QED) is 0.662. The van der Waals surface area contributed by atoms with Gasteiger partial charge in [0.1, 0.15) is 0 Å². The Labute approximate surface area is 159 Å². The zero-order valence-electron chi connectivity index (χ0n) is 15.2. The molecule has 0 aliphatic carbocycles. The fourth-order valence-corrected chi connectivity index (χ4v) is 2.56. The number of aromatic nitrogens is 2. The van der Waals surface area contributed by atoms with Crippen molar-refractivity contribution < 1.29 is 22.4 Å². The average molecular weight is 389 g/mol. The lowest BCUT2D eigenvalue weighted by Gasteiger charge is -2.06. The van der Waals surface area contributed by atoms with Gasteiger partial charge >= 0.3 is 12.2 Å². The van der Waals surface area contributed by atoms with Gasteiger partial charge in [-0.25, -0.2) is 0 Å². The first kappa shape index (κ1) is 19.6. The molecule has 146 valence electrons. The highest BCUT2D eigenvalue weighted by Crippen LogP contribution is 2.30. The maximum atomic E-state index is 12.6. The van der Waals surface area contributed by atoms with Gasteiger partial charge in [0.05, 0.1) is 12.0 Å². The highest BCUT2D eigenvalue weighted by atomic mass is 19.4. The topological polar surface area (TPSA) is 68.0 Å². The molecule has 0 spiro atoms. The van der Waals surface area contributed by atoms with Crippen molar-refractivity contribution in [2.75, 3.05) is 5.32 Å². The van der Waals surface area contributed by atoms with Crippen molar-refractivity contribution >= 4 is 11.9 Å². The Morgan fingerprint density at radius 2 is 1.68 bits per heavy atom. The molecular weight excluding hydrogens is 371 g/mol. The highest BCUT2D eigenvalue weighted by molar-refractivity contribution is 5.90. The number of benzene rings is 2. The smallest absolute Gasteiger partial charge is 0.403 e. The zero-order chi connectivity index (χ0) is 20.3. The van der Waals surface area contributed by atoms with E-state index in [0.29, 0.717) is 11.5 Å². The third kappa shape index (κ3) is 4.76. The number of nitrogens with zero attached hydrogens (tertiary/aromatic N) is 2. The molecule has 0 aliphatic rings. The lowest BCUT2D eigenvalue weighted by molar-refractivity contribution is -0.137. The van der Waals surface area contributed by atoms with E-state index in [2.05, 4.69) is 29.4 Å². The van der Waals surface area contributed by atoms with Crippen molar-refractivity contribution in [1.29, 1.82) is 0 Å². The summed E-state index contributed by atoms with van der Waals surface area (Å²) in [5, 5.41) is 9.96. The summed E-state index contributed by atoms with van der Waals surface area (Å²) in [6, 6.07) is 11.9. The van der Waals surface area contributed by atoms with Crippen LogP contribution in [0.1, 0.15) is 36.5 Å². The second-order valence-electron chi connectivity index (χ2n) is 6.61. The Kier molecular flexibility index (Phi) is 5.48. The minimum Gasteiger partial charge on any atom is -0.403 e. The number of halogens is 3. The predicted octanol–water partition coefficient (Wildman–Crippen LogP) is 5.06. The van der Waals surface area contributed by atoms with Crippen molar-refractivity contribution in [1.82, 2.24) is 10.2 Å². The van der Waals surface area contributed by atoms with Crippen LogP contribution in [0.3, 0.4) is 0 Å². The largest absolute Gasteiger partial charge is 0.416 e. The predicted molar refractivity (Wildman–Crippen MR) is 97.6 cm³/mol. The standard InChI is InChI=1S/C20H18F3N3O2/c1-12(2)14-5-3-13(4-6-14)11-17(27)24-19-26-25-18(28-19)15-7-9-16(10-8-15)20(21,22)23/h3-10,12H,11H2,1-2H3,(H,24,26,27). The molecule has 0 radical (unpaired) electrons. The minimum atomic E-state index is -4.42. The molecule has 28 heavy (non-hydrogen) atoms. The van der Waals surface area contributed by atoms with Crippen LogP contribution in [-0.2, 0) is 17.4 Å². The van der Waals surface area contributed by atoms with Crippen molar-refractivity contribution in [2.24, 2.45) is 0 Å². The third-order valence-corrected chi connectivity index (χ3v) is 4.14. The minimum absolute atomic E-state index is 0.0188. The number of rotatable bonds is 5. The fraction of sp³-hybridized carbons (Fsp3) is 0.250. The maximum absolute atomic E-state index is 12.6. The maximum Gasteiger partial charge on any atom is 0.416 e. The van der Waals surface area contributed by atoms with Crippen LogP contribution >= 0.6 is 0 Å². The van der Waals surface area contributed by atoms with E-state index in [1.165, 1.54) is 17.7 Å². The van der Waals surface area contributed by atoms with Crippen LogP contribution in [0.15, 0.2) is 52.9 Å². The van der Waals surface area contributed by atoms with Gasteiger partial charge in [0.15, 0.2) is 0 Å². The summed E-state index contributed by atoms with van der Waals surface area (Å²) in [5.41, 5.74) is 1.57. The summed E-state index contributed by atoms with van der Waals surface area (Å²) < 4.78 is 43.2. The summed E-state index contributed by atoms with van der Waals surface area (Å²) in [6.07, 6.45) is -4.28. The molecule has 3 aromatic rings. The molecule has 5 nitrogen and oxygen atoms in total. The molecule has 0 atom stereocenters. The number of carbonyl (C=O) groups excluding carboxylic acids is 1. The van der Waals surface area contributed by atoms with E-state index in [-0.39, 0.29) is 24.2 Å². The van der Waals surface area contributed by atoms with Crippen molar-refractivity contribution in [3.05, 3.63) is 65.2 Å². The normalized spacial score (nSPS) is 11.6. The summed E-state index contributed by atoms with van der Waals surface area (Å²) in [5.74, 6) is 0.0927. The van der Waals surface area contributed by atoms with Gasteiger partial charge in [-0.15, -0.1) is 5.10 Å². The first-order valence-electron chi connectivity index (χ1n) is 8.62. The van der Waals surface area contributed by atoms with Gasteiger partial charge in [-0.2, -0.15) is 13.2 Å². The van der Waals surface area contributed by atoms with Gasteiger partial charge in [0.25, 0.3) is 0 Å². The SMILES string of the molecule is CC(C)c1ccc(CC(=O)Nc2nnc(-c3ccc(C(F)(F)F)cc3)o2)cc1. The third-order valence-electron chi connectivity index (χ3n) is 4.14. The number of hydrogen-bond acceptors (Lipinski definition) is 4. The molecule has 1 amide bonds. The Balaban J connectivity index is 1.63. The van der Waals surface area contributed by atoms with E-state index < -0.39 is 11.7 Å². The molecule has 8 heteroatoms. The average Bonchev–Trinajstić information content (AvgIpc) is 3.10. The van der Waals surface area contributed by atoms with Gasteiger partial charge in [-0.3, -0.25) is 10.1 Å². The second kappa shape index (κ2) is 7.84. The summed E-state index contributed by atoms with van der Waals surface area (Å²) in [7, 11) is 0. The molecule has 1 aromatic heterocycles. The number of amides is 1. The monoisotopic (exact) mass is 389 g/mol. The molecule has 0 aliphatic heterocycles. The Hall–Kier alpha value is -3.16. The summed E-state index contributed by atoms with van der Waals surface area (Å²) in [6.45, 7) is 4.18. The lowest BCUT2D eigenvalue weighted by atomic mass is 10.0. The molecule has 1 heterocycles. The van der Waals surface area contributed by atoms with E-state index in [0.717, 1.165) is 17.7 Å². The van der Waals surface area contributed by atoms with Crippen LogP contribution in [0, 0.1) is 0 Å².